The second kappa shape index (κ2) is 5.32. The molecule has 0 radical (unpaired) electrons. The van der Waals surface area contributed by atoms with Gasteiger partial charge in [-0.05, 0) is 25.0 Å². The van der Waals surface area contributed by atoms with Crippen LogP contribution in [0, 0.1) is 0 Å². The number of para-hydroxylation sites is 1. The van der Waals surface area contributed by atoms with Gasteiger partial charge in [-0.15, -0.1) is 0 Å². The van der Waals surface area contributed by atoms with Gasteiger partial charge in [-0.1, -0.05) is 23.7 Å². The number of carbonyl (C=O) groups excluding carboxylic acids is 1. The molecular weight excluding hydrogens is 224 g/mol. The maximum absolute atomic E-state index is 11.6. The lowest BCUT2D eigenvalue weighted by Crippen LogP contribution is -2.23. The summed E-state index contributed by atoms with van der Waals surface area (Å²) >= 11 is 5.93. The number of rotatable bonds is 5. The minimum Gasteiger partial charge on any atom is -0.325 e. The smallest absolute Gasteiger partial charge is 0.225 e. The van der Waals surface area contributed by atoms with E-state index >= 15 is 0 Å². The molecule has 86 valence electrons. The first kappa shape index (κ1) is 11.4. The van der Waals surface area contributed by atoms with E-state index in [4.69, 9.17) is 11.6 Å². The van der Waals surface area contributed by atoms with Crippen molar-refractivity contribution in [1.82, 2.24) is 5.32 Å². The topological polar surface area (TPSA) is 41.1 Å². The second-order valence-corrected chi connectivity index (χ2v) is 4.41. The van der Waals surface area contributed by atoms with Gasteiger partial charge >= 0.3 is 0 Å². The molecule has 1 saturated carbocycles. The SMILES string of the molecule is O=C(CCNC1CC1)Nc1ccccc1Cl. The summed E-state index contributed by atoms with van der Waals surface area (Å²) in [6.07, 6.45) is 2.97. The van der Waals surface area contributed by atoms with Gasteiger partial charge in [-0.3, -0.25) is 4.79 Å². The molecule has 1 fully saturated rings. The predicted molar refractivity (Wildman–Crippen MR) is 65.7 cm³/mol. The van der Waals surface area contributed by atoms with Crippen molar-refractivity contribution in [2.45, 2.75) is 25.3 Å². The molecule has 0 aromatic heterocycles. The molecule has 0 unspecified atom stereocenters. The molecule has 1 aromatic rings. The highest BCUT2D eigenvalue weighted by atomic mass is 35.5. The van der Waals surface area contributed by atoms with E-state index in [1.165, 1.54) is 12.8 Å². The fraction of sp³-hybridized carbons (Fsp3) is 0.417. The third-order valence-corrected chi connectivity index (χ3v) is 2.84. The molecule has 0 bridgehead atoms. The lowest BCUT2D eigenvalue weighted by Gasteiger charge is -2.07. The molecule has 1 aliphatic rings. The van der Waals surface area contributed by atoms with E-state index in [9.17, 15) is 4.79 Å². The summed E-state index contributed by atoms with van der Waals surface area (Å²) < 4.78 is 0. The summed E-state index contributed by atoms with van der Waals surface area (Å²) in [5, 5.41) is 6.66. The maximum atomic E-state index is 11.6. The van der Waals surface area contributed by atoms with Crippen molar-refractivity contribution in [3.05, 3.63) is 29.3 Å². The van der Waals surface area contributed by atoms with E-state index < -0.39 is 0 Å². The van der Waals surface area contributed by atoms with Gasteiger partial charge in [-0.25, -0.2) is 0 Å². The monoisotopic (exact) mass is 238 g/mol. The molecule has 0 saturated heterocycles. The van der Waals surface area contributed by atoms with Crippen LogP contribution in [0.3, 0.4) is 0 Å². The third-order valence-electron chi connectivity index (χ3n) is 2.51. The average Bonchev–Trinajstić information content (AvgIpc) is 3.05. The van der Waals surface area contributed by atoms with Crippen LogP contribution in [0.15, 0.2) is 24.3 Å². The van der Waals surface area contributed by atoms with Gasteiger partial charge < -0.3 is 10.6 Å². The quantitative estimate of drug-likeness (QED) is 0.827. The van der Waals surface area contributed by atoms with Crippen LogP contribution in [0.2, 0.25) is 5.02 Å². The minimum absolute atomic E-state index is 0.00116. The van der Waals surface area contributed by atoms with E-state index in [1.54, 1.807) is 12.1 Å². The molecule has 0 aliphatic heterocycles. The first-order valence-corrected chi connectivity index (χ1v) is 5.91. The predicted octanol–water partition coefficient (Wildman–Crippen LogP) is 2.42. The fourth-order valence-corrected chi connectivity index (χ4v) is 1.64. The summed E-state index contributed by atoms with van der Waals surface area (Å²) in [5.41, 5.74) is 0.681. The molecule has 2 rings (SSSR count). The van der Waals surface area contributed by atoms with Crippen molar-refractivity contribution >= 4 is 23.2 Å². The summed E-state index contributed by atoms with van der Waals surface area (Å²) in [6.45, 7) is 0.737. The van der Waals surface area contributed by atoms with Crippen LogP contribution in [0.25, 0.3) is 0 Å². The molecule has 1 aromatic carbocycles. The third kappa shape index (κ3) is 3.51. The van der Waals surface area contributed by atoms with E-state index in [0.717, 1.165) is 6.54 Å². The highest BCUT2D eigenvalue weighted by Gasteiger charge is 2.20. The molecule has 2 N–H and O–H groups in total. The van der Waals surface area contributed by atoms with Crippen molar-refractivity contribution in [1.29, 1.82) is 0 Å². The molecular formula is C12H15ClN2O. The Bertz CT molecular complexity index is 377. The lowest BCUT2D eigenvalue weighted by molar-refractivity contribution is -0.116. The number of amides is 1. The Labute approximate surface area is 100 Å². The van der Waals surface area contributed by atoms with Gasteiger partial charge in [0.05, 0.1) is 10.7 Å². The molecule has 0 heterocycles. The van der Waals surface area contributed by atoms with Crippen molar-refractivity contribution in [2.24, 2.45) is 0 Å². The minimum atomic E-state index is 0.00116. The zero-order valence-corrected chi connectivity index (χ0v) is 9.76. The fourth-order valence-electron chi connectivity index (χ4n) is 1.45. The molecule has 0 atom stereocenters. The van der Waals surface area contributed by atoms with Crippen LogP contribution in [0.1, 0.15) is 19.3 Å². The van der Waals surface area contributed by atoms with Crippen LogP contribution in [0.4, 0.5) is 5.69 Å². The number of nitrogens with one attached hydrogen (secondary N) is 2. The molecule has 3 nitrogen and oxygen atoms in total. The van der Waals surface area contributed by atoms with Crippen molar-refractivity contribution < 1.29 is 4.79 Å². The largest absolute Gasteiger partial charge is 0.325 e. The lowest BCUT2D eigenvalue weighted by atomic mass is 10.3. The van der Waals surface area contributed by atoms with Crippen molar-refractivity contribution in [2.75, 3.05) is 11.9 Å². The Hall–Kier alpha value is -1.06. The Morgan fingerprint density at radius 2 is 2.12 bits per heavy atom. The molecule has 1 amide bonds. The number of benzene rings is 1. The number of halogens is 1. The van der Waals surface area contributed by atoms with E-state index in [1.807, 2.05) is 12.1 Å². The van der Waals surface area contributed by atoms with Gasteiger partial charge in [0.2, 0.25) is 5.91 Å². The average molecular weight is 239 g/mol. The highest BCUT2D eigenvalue weighted by molar-refractivity contribution is 6.33. The zero-order valence-electron chi connectivity index (χ0n) is 9.00. The van der Waals surface area contributed by atoms with Crippen LogP contribution in [0.5, 0.6) is 0 Å². The van der Waals surface area contributed by atoms with Crippen LogP contribution < -0.4 is 10.6 Å². The van der Waals surface area contributed by atoms with E-state index in [-0.39, 0.29) is 5.91 Å². The molecule has 1 aliphatic carbocycles. The van der Waals surface area contributed by atoms with E-state index in [2.05, 4.69) is 10.6 Å². The highest BCUT2D eigenvalue weighted by Crippen LogP contribution is 2.20. The Kier molecular flexibility index (Phi) is 3.80. The standard InChI is InChI=1S/C12H15ClN2O/c13-10-3-1-2-4-11(10)15-12(16)7-8-14-9-5-6-9/h1-4,9,14H,5-8H2,(H,15,16). The van der Waals surface area contributed by atoms with E-state index in [0.29, 0.717) is 23.2 Å². The summed E-state index contributed by atoms with van der Waals surface area (Å²) in [5.74, 6) is 0.00116. The normalized spacial score (nSPS) is 14.8. The number of carbonyl (C=O) groups is 1. The number of anilines is 1. The maximum Gasteiger partial charge on any atom is 0.225 e. The molecule has 16 heavy (non-hydrogen) atoms. The van der Waals surface area contributed by atoms with Gasteiger partial charge in [0.15, 0.2) is 0 Å². The first-order valence-electron chi connectivity index (χ1n) is 5.53. The van der Waals surface area contributed by atoms with Gasteiger partial charge in [0, 0.05) is 19.0 Å². The van der Waals surface area contributed by atoms with Crippen LogP contribution in [-0.4, -0.2) is 18.5 Å². The van der Waals surface area contributed by atoms with Crippen molar-refractivity contribution in [3.8, 4) is 0 Å². The molecule has 4 heteroatoms. The van der Waals surface area contributed by atoms with Crippen LogP contribution >= 0.6 is 11.6 Å². The Balaban J connectivity index is 1.75. The van der Waals surface area contributed by atoms with Crippen LogP contribution in [-0.2, 0) is 4.79 Å². The van der Waals surface area contributed by atoms with Gasteiger partial charge in [-0.2, -0.15) is 0 Å². The Morgan fingerprint density at radius 1 is 1.38 bits per heavy atom. The number of hydrogen-bond donors (Lipinski definition) is 2. The summed E-state index contributed by atoms with van der Waals surface area (Å²) in [7, 11) is 0. The van der Waals surface area contributed by atoms with Gasteiger partial charge in [0.1, 0.15) is 0 Å². The summed E-state index contributed by atoms with van der Waals surface area (Å²) in [4.78, 5) is 11.6. The van der Waals surface area contributed by atoms with Gasteiger partial charge in [0.25, 0.3) is 0 Å². The molecule has 0 spiro atoms. The Morgan fingerprint density at radius 3 is 2.81 bits per heavy atom. The number of hydrogen-bond acceptors (Lipinski definition) is 2. The zero-order chi connectivity index (χ0) is 11.4. The van der Waals surface area contributed by atoms with Crippen molar-refractivity contribution in [3.63, 3.8) is 0 Å². The summed E-state index contributed by atoms with van der Waals surface area (Å²) in [6, 6.07) is 7.90. The first-order chi connectivity index (χ1) is 7.75. The second-order valence-electron chi connectivity index (χ2n) is 4.01.